The van der Waals surface area contributed by atoms with Gasteiger partial charge in [-0.15, -0.1) is 0 Å². The zero-order chi connectivity index (χ0) is 7.85. The Labute approximate surface area is 69.4 Å². The van der Waals surface area contributed by atoms with E-state index in [-0.39, 0.29) is 0 Å². The Bertz CT molecular complexity index is 220. The molecule has 0 heteroatoms. The van der Waals surface area contributed by atoms with Gasteiger partial charge in [0.25, 0.3) is 0 Å². The van der Waals surface area contributed by atoms with E-state index in [2.05, 4.69) is 20.8 Å². The van der Waals surface area contributed by atoms with Gasteiger partial charge in [0.05, 0.1) is 0 Å². The normalized spacial score (nSPS) is 71.7. The number of hydrogen-bond donors (Lipinski definition) is 0. The number of hydrogen-bond acceptors (Lipinski definition) is 0. The predicted molar refractivity (Wildman–Crippen MR) is 46.2 cm³/mol. The second kappa shape index (κ2) is 1.41. The first-order valence-electron chi connectivity index (χ1n) is 5.11. The highest BCUT2D eigenvalue weighted by molar-refractivity contribution is 5.30. The molecule has 3 aliphatic rings. The topological polar surface area (TPSA) is 0 Å². The third-order valence-corrected chi connectivity index (χ3v) is 5.65. The van der Waals surface area contributed by atoms with Gasteiger partial charge in [-0.1, -0.05) is 27.2 Å². The van der Waals surface area contributed by atoms with Crippen LogP contribution in [0, 0.1) is 28.6 Å². The molecular weight excluding hydrogens is 132 g/mol. The van der Waals surface area contributed by atoms with Gasteiger partial charge in [0.15, 0.2) is 0 Å². The van der Waals surface area contributed by atoms with Crippen LogP contribution in [0.25, 0.3) is 0 Å². The molecule has 0 radical (unpaired) electrons. The van der Waals surface area contributed by atoms with E-state index in [1.807, 2.05) is 0 Å². The van der Waals surface area contributed by atoms with Crippen molar-refractivity contribution in [2.75, 3.05) is 0 Å². The summed E-state index contributed by atoms with van der Waals surface area (Å²) in [7, 11) is 0. The van der Waals surface area contributed by atoms with Gasteiger partial charge in [-0.2, -0.15) is 0 Å². The average Bonchev–Trinajstić information content (AvgIpc) is 2.39. The SMILES string of the molecule is C[C@@H]1CCC2C3(C)CC1C23C. The Morgan fingerprint density at radius 3 is 2.55 bits per heavy atom. The fraction of sp³-hybridized carbons (Fsp3) is 1.00. The smallest absolute Gasteiger partial charge is 0.0204 e. The van der Waals surface area contributed by atoms with Gasteiger partial charge in [0, 0.05) is 0 Å². The second-order valence-electron chi connectivity index (χ2n) is 5.62. The Morgan fingerprint density at radius 2 is 1.91 bits per heavy atom. The molecule has 3 saturated carbocycles. The highest BCUT2D eigenvalue weighted by Crippen LogP contribution is 2.88. The first-order valence-corrected chi connectivity index (χ1v) is 5.11. The van der Waals surface area contributed by atoms with Gasteiger partial charge >= 0.3 is 0 Å². The summed E-state index contributed by atoms with van der Waals surface area (Å²) < 4.78 is 0. The van der Waals surface area contributed by atoms with Gasteiger partial charge in [0.1, 0.15) is 0 Å². The maximum atomic E-state index is 2.54. The molecule has 0 saturated heterocycles. The van der Waals surface area contributed by atoms with E-state index in [1.54, 1.807) is 6.42 Å². The van der Waals surface area contributed by atoms with E-state index in [0.717, 1.165) is 28.6 Å². The average molecular weight is 150 g/mol. The van der Waals surface area contributed by atoms with Crippen molar-refractivity contribution in [3.63, 3.8) is 0 Å². The van der Waals surface area contributed by atoms with Crippen molar-refractivity contribution in [3.8, 4) is 0 Å². The lowest BCUT2D eigenvalue weighted by atomic mass is 9.60. The minimum Gasteiger partial charge on any atom is -0.0622 e. The molecule has 0 aromatic rings. The van der Waals surface area contributed by atoms with Gasteiger partial charge in [-0.25, -0.2) is 0 Å². The van der Waals surface area contributed by atoms with Gasteiger partial charge in [-0.3, -0.25) is 0 Å². The second-order valence-corrected chi connectivity index (χ2v) is 5.62. The summed E-state index contributed by atoms with van der Waals surface area (Å²) in [5.41, 5.74) is 1.62. The summed E-state index contributed by atoms with van der Waals surface area (Å²) in [6.07, 6.45) is 4.60. The Morgan fingerprint density at radius 1 is 1.18 bits per heavy atom. The van der Waals surface area contributed by atoms with Crippen LogP contribution in [0.1, 0.15) is 40.0 Å². The maximum absolute atomic E-state index is 2.54. The quantitative estimate of drug-likeness (QED) is 0.498. The van der Waals surface area contributed by atoms with Crippen molar-refractivity contribution in [1.29, 1.82) is 0 Å². The summed E-state index contributed by atoms with van der Waals surface area (Å²) in [5.74, 6) is 3.26. The summed E-state index contributed by atoms with van der Waals surface area (Å²) in [4.78, 5) is 0. The van der Waals surface area contributed by atoms with E-state index in [0.29, 0.717) is 0 Å². The van der Waals surface area contributed by atoms with Crippen LogP contribution in [0.3, 0.4) is 0 Å². The predicted octanol–water partition coefficient (Wildman–Crippen LogP) is 3.08. The lowest BCUT2D eigenvalue weighted by Gasteiger charge is -2.44. The third kappa shape index (κ3) is 0.421. The van der Waals surface area contributed by atoms with Crippen LogP contribution < -0.4 is 0 Å². The van der Waals surface area contributed by atoms with E-state index < -0.39 is 0 Å². The monoisotopic (exact) mass is 150 g/mol. The minimum absolute atomic E-state index is 0.808. The molecule has 3 fully saturated rings. The van der Waals surface area contributed by atoms with Gasteiger partial charge in [0.2, 0.25) is 0 Å². The molecule has 4 unspecified atom stereocenters. The first-order chi connectivity index (χ1) is 5.11. The molecule has 3 aliphatic carbocycles. The van der Waals surface area contributed by atoms with Crippen molar-refractivity contribution >= 4 is 0 Å². The zero-order valence-electron chi connectivity index (χ0n) is 7.85. The molecule has 62 valence electrons. The van der Waals surface area contributed by atoms with Crippen LogP contribution in [-0.2, 0) is 0 Å². The Balaban J connectivity index is 1.99. The largest absolute Gasteiger partial charge is 0.0622 e. The number of rotatable bonds is 0. The van der Waals surface area contributed by atoms with Crippen molar-refractivity contribution < 1.29 is 0 Å². The van der Waals surface area contributed by atoms with Crippen molar-refractivity contribution in [2.45, 2.75) is 40.0 Å². The molecule has 0 aromatic heterocycles. The molecule has 0 bridgehead atoms. The lowest BCUT2D eigenvalue weighted by Crippen LogP contribution is -2.37. The fourth-order valence-corrected chi connectivity index (χ4v) is 4.64. The lowest BCUT2D eigenvalue weighted by molar-refractivity contribution is 0.0438. The highest BCUT2D eigenvalue weighted by Gasteiger charge is 2.82. The van der Waals surface area contributed by atoms with Crippen molar-refractivity contribution in [1.82, 2.24) is 0 Å². The van der Waals surface area contributed by atoms with E-state index in [1.165, 1.54) is 12.8 Å². The van der Waals surface area contributed by atoms with Crippen molar-refractivity contribution in [2.24, 2.45) is 28.6 Å². The van der Waals surface area contributed by atoms with Crippen LogP contribution in [0.2, 0.25) is 0 Å². The van der Waals surface area contributed by atoms with E-state index >= 15 is 0 Å². The highest BCUT2D eigenvalue weighted by atomic mass is 14.9. The van der Waals surface area contributed by atoms with Gasteiger partial charge < -0.3 is 0 Å². The zero-order valence-corrected chi connectivity index (χ0v) is 7.85. The minimum atomic E-state index is 0.808. The molecule has 0 aliphatic heterocycles. The molecule has 0 amide bonds. The van der Waals surface area contributed by atoms with Crippen LogP contribution in [-0.4, -0.2) is 0 Å². The summed E-state index contributed by atoms with van der Waals surface area (Å²) in [6.45, 7) is 7.53. The summed E-state index contributed by atoms with van der Waals surface area (Å²) in [5, 5.41) is 0. The first kappa shape index (κ1) is 6.51. The maximum Gasteiger partial charge on any atom is -0.0204 e. The summed E-state index contributed by atoms with van der Waals surface area (Å²) >= 11 is 0. The Hall–Kier alpha value is 0. The van der Waals surface area contributed by atoms with Crippen molar-refractivity contribution in [3.05, 3.63) is 0 Å². The standard InChI is InChI=1S/C11H18/c1-7-4-5-9-10(2)6-8(7)11(9,10)3/h7-9H,4-6H2,1-3H3/t7-,8?,9?,10?,11?/m1/s1. The molecule has 3 rings (SSSR count). The molecular formula is C11H18. The Kier molecular flexibility index (Phi) is 0.832. The molecule has 0 spiro atoms. The number of fused-ring (bicyclic) bond motifs is 1. The molecule has 0 aromatic carbocycles. The van der Waals surface area contributed by atoms with E-state index in [4.69, 9.17) is 0 Å². The fourth-order valence-electron chi connectivity index (χ4n) is 4.64. The third-order valence-electron chi connectivity index (χ3n) is 5.65. The molecule has 0 heterocycles. The van der Waals surface area contributed by atoms with Crippen LogP contribution in [0.4, 0.5) is 0 Å². The molecule has 5 atom stereocenters. The molecule has 0 nitrogen and oxygen atoms in total. The van der Waals surface area contributed by atoms with Crippen LogP contribution in [0.15, 0.2) is 0 Å². The molecule has 11 heavy (non-hydrogen) atoms. The summed E-state index contributed by atoms with van der Waals surface area (Å²) in [6, 6.07) is 0. The van der Waals surface area contributed by atoms with E-state index in [9.17, 15) is 0 Å². The van der Waals surface area contributed by atoms with Crippen LogP contribution >= 0.6 is 0 Å². The van der Waals surface area contributed by atoms with Gasteiger partial charge in [-0.05, 0) is 41.4 Å². The molecule has 0 N–H and O–H groups in total. The van der Waals surface area contributed by atoms with Crippen LogP contribution in [0.5, 0.6) is 0 Å².